The predicted molar refractivity (Wildman–Crippen MR) is 70.7 cm³/mol. The van der Waals surface area contributed by atoms with E-state index in [2.05, 4.69) is 10.2 Å². The lowest BCUT2D eigenvalue weighted by Crippen LogP contribution is -2.43. The molecule has 1 amide bonds. The molecule has 5 heteroatoms. The van der Waals surface area contributed by atoms with Crippen LogP contribution < -0.4 is 0 Å². The summed E-state index contributed by atoms with van der Waals surface area (Å²) in [6.45, 7) is 3.20. The third-order valence-electron chi connectivity index (χ3n) is 4.27. The molecule has 3 heterocycles. The van der Waals surface area contributed by atoms with Crippen LogP contribution in [0.1, 0.15) is 37.3 Å². The lowest BCUT2D eigenvalue weighted by atomic mass is 9.92. The number of piperidine rings is 1. The summed E-state index contributed by atoms with van der Waals surface area (Å²) in [5.74, 6) is 0.918. The van der Waals surface area contributed by atoms with Crippen LogP contribution in [0.2, 0.25) is 0 Å². The van der Waals surface area contributed by atoms with Gasteiger partial charge in [0.25, 0.3) is 0 Å². The number of likely N-dealkylation sites (tertiary alicyclic amines) is 1. The van der Waals surface area contributed by atoms with E-state index in [9.17, 15) is 4.79 Å². The molecule has 5 nitrogen and oxygen atoms in total. The summed E-state index contributed by atoms with van der Waals surface area (Å²) in [7, 11) is 0. The first-order valence-electron chi connectivity index (χ1n) is 7.20. The molecule has 2 aliphatic heterocycles. The average Bonchev–Trinajstić information content (AvgIpc) is 3.02. The van der Waals surface area contributed by atoms with Crippen molar-refractivity contribution in [2.24, 2.45) is 5.92 Å². The van der Waals surface area contributed by atoms with Gasteiger partial charge in [-0.15, -0.1) is 0 Å². The maximum absolute atomic E-state index is 12.5. The number of rotatable bonds is 2. The first-order valence-corrected chi connectivity index (χ1v) is 7.20. The Morgan fingerprint density at radius 3 is 2.95 bits per heavy atom. The molecule has 1 atom stereocenters. The van der Waals surface area contributed by atoms with Crippen LogP contribution >= 0.6 is 0 Å². The number of hydrogen-bond donors (Lipinski definition) is 1. The van der Waals surface area contributed by atoms with Gasteiger partial charge in [-0.3, -0.25) is 9.89 Å². The first-order chi connectivity index (χ1) is 9.34. The number of ether oxygens (including phenoxy) is 1. The van der Waals surface area contributed by atoms with Crippen molar-refractivity contribution in [1.29, 1.82) is 0 Å². The summed E-state index contributed by atoms with van der Waals surface area (Å²) in [6, 6.07) is 2.02. The molecule has 0 saturated carbocycles. The van der Waals surface area contributed by atoms with Gasteiger partial charge in [0.15, 0.2) is 0 Å². The first kappa shape index (κ1) is 12.7. The van der Waals surface area contributed by atoms with Crippen molar-refractivity contribution in [2.45, 2.75) is 31.6 Å². The van der Waals surface area contributed by atoms with Gasteiger partial charge in [-0.2, -0.15) is 5.10 Å². The van der Waals surface area contributed by atoms with Crippen molar-refractivity contribution >= 4 is 5.91 Å². The maximum atomic E-state index is 12.5. The van der Waals surface area contributed by atoms with Crippen molar-refractivity contribution in [1.82, 2.24) is 15.1 Å². The zero-order chi connectivity index (χ0) is 13.1. The van der Waals surface area contributed by atoms with E-state index in [-0.39, 0.29) is 5.92 Å². The van der Waals surface area contributed by atoms with Crippen molar-refractivity contribution < 1.29 is 9.53 Å². The SMILES string of the molecule is O=C(C1CCOCC1)N1CCCC(c2ccn[nH]2)C1. The van der Waals surface area contributed by atoms with Crippen molar-refractivity contribution in [2.75, 3.05) is 26.3 Å². The maximum Gasteiger partial charge on any atom is 0.225 e. The molecule has 0 bridgehead atoms. The molecule has 2 aliphatic rings. The van der Waals surface area contributed by atoms with E-state index in [4.69, 9.17) is 4.74 Å². The Labute approximate surface area is 113 Å². The number of carbonyl (C=O) groups is 1. The fourth-order valence-corrected chi connectivity index (χ4v) is 3.13. The molecule has 0 spiro atoms. The van der Waals surface area contributed by atoms with Gasteiger partial charge in [0.2, 0.25) is 5.91 Å². The summed E-state index contributed by atoms with van der Waals surface area (Å²) in [6.07, 6.45) is 5.76. The number of nitrogens with one attached hydrogen (secondary N) is 1. The van der Waals surface area contributed by atoms with Gasteiger partial charge in [0, 0.05) is 50.0 Å². The van der Waals surface area contributed by atoms with Gasteiger partial charge in [0.05, 0.1) is 0 Å². The van der Waals surface area contributed by atoms with Gasteiger partial charge in [0.1, 0.15) is 0 Å². The average molecular weight is 263 g/mol. The molecule has 19 heavy (non-hydrogen) atoms. The standard InChI is InChI=1S/C14H21N3O2/c18-14(11-4-8-19-9-5-11)17-7-1-2-12(10-17)13-3-6-15-16-13/h3,6,11-12H,1-2,4-5,7-10H2,(H,15,16). The quantitative estimate of drug-likeness (QED) is 0.880. The van der Waals surface area contributed by atoms with E-state index in [0.717, 1.165) is 57.7 Å². The normalized spacial score (nSPS) is 25.5. The third-order valence-corrected chi connectivity index (χ3v) is 4.27. The summed E-state index contributed by atoms with van der Waals surface area (Å²) >= 11 is 0. The number of nitrogens with zero attached hydrogens (tertiary/aromatic N) is 2. The van der Waals surface area contributed by atoms with E-state index in [0.29, 0.717) is 11.8 Å². The highest BCUT2D eigenvalue weighted by Gasteiger charge is 2.30. The molecule has 0 aromatic carbocycles. The number of H-pyrrole nitrogens is 1. The Kier molecular flexibility index (Phi) is 3.82. The lowest BCUT2D eigenvalue weighted by molar-refractivity contribution is -0.139. The Bertz CT molecular complexity index is 412. The lowest BCUT2D eigenvalue weighted by Gasteiger charge is -2.35. The highest BCUT2D eigenvalue weighted by molar-refractivity contribution is 5.79. The van der Waals surface area contributed by atoms with Crippen LogP contribution in [-0.4, -0.2) is 47.3 Å². The zero-order valence-corrected chi connectivity index (χ0v) is 11.2. The van der Waals surface area contributed by atoms with Crippen molar-refractivity contribution in [3.8, 4) is 0 Å². The fraction of sp³-hybridized carbons (Fsp3) is 0.714. The van der Waals surface area contributed by atoms with Gasteiger partial charge < -0.3 is 9.64 Å². The molecule has 104 valence electrons. The summed E-state index contributed by atoms with van der Waals surface area (Å²) in [5.41, 5.74) is 1.16. The molecular weight excluding hydrogens is 242 g/mol. The molecule has 1 N–H and O–H groups in total. The zero-order valence-electron chi connectivity index (χ0n) is 11.2. The molecular formula is C14H21N3O2. The Balaban J connectivity index is 1.62. The van der Waals surface area contributed by atoms with Crippen LogP contribution in [0.5, 0.6) is 0 Å². The van der Waals surface area contributed by atoms with E-state index in [1.54, 1.807) is 6.20 Å². The molecule has 1 aromatic rings. The molecule has 3 rings (SSSR count). The van der Waals surface area contributed by atoms with E-state index in [1.165, 1.54) is 0 Å². The summed E-state index contributed by atoms with van der Waals surface area (Å²) < 4.78 is 5.33. The number of carbonyl (C=O) groups excluding carboxylic acids is 1. The Morgan fingerprint density at radius 1 is 1.37 bits per heavy atom. The van der Waals surface area contributed by atoms with Gasteiger partial charge in [-0.25, -0.2) is 0 Å². The second kappa shape index (κ2) is 5.74. The second-order valence-corrected chi connectivity index (χ2v) is 5.52. The second-order valence-electron chi connectivity index (χ2n) is 5.52. The molecule has 0 aliphatic carbocycles. The monoisotopic (exact) mass is 263 g/mol. The van der Waals surface area contributed by atoms with Gasteiger partial charge >= 0.3 is 0 Å². The summed E-state index contributed by atoms with van der Waals surface area (Å²) in [5, 5.41) is 7.05. The smallest absolute Gasteiger partial charge is 0.225 e. The highest BCUT2D eigenvalue weighted by Crippen LogP contribution is 2.27. The predicted octanol–water partition coefficient (Wildman–Crippen LogP) is 1.54. The van der Waals surface area contributed by atoms with E-state index in [1.807, 2.05) is 11.0 Å². The minimum absolute atomic E-state index is 0.175. The Hall–Kier alpha value is -1.36. The van der Waals surface area contributed by atoms with Gasteiger partial charge in [-0.1, -0.05) is 0 Å². The van der Waals surface area contributed by atoms with Gasteiger partial charge in [-0.05, 0) is 31.7 Å². The minimum Gasteiger partial charge on any atom is -0.381 e. The molecule has 2 saturated heterocycles. The number of aromatic amines is 1. The number of amides is 1. The van der Waals surface area contributed by atoms with Crippen molar-refractivity contribution in [3.05, 3.63) is 18.0 Å². The van der Waals surface area contributed by atoms with E-state index < -0.39 is 0 Å². The topological polar surface area (TPSA) is 58.2 Å². The number of hydrogen-bond acceptors (Lipinski definition) is 3. The van der Waals surface area contributed by atoms with Crippen LogP contribution in [0.15, 0.2) is 12.3 Å². The van der Waals surface area contributed by atoms with Crippen LogP contribution in [-0.2, 0) is 9.53 Å². The van der Waals surface area contributed by atoms with Crippen LogP contribution in [0, 0.1) is 5.92 Å². The van der Waals surface area contributed by atoms with Crippen molar-refractivity contribution in [3.63, 3.8) is 0 Å². The largest absolute Gasteiger partial charge is 0.381 e. The highest BCUT2D eigenvalue weighted by atomic mass is 16.5. The molecule has 1 aromatic heterocycles. The minimum atomic E-state index is 0.175. The van der Waals surface area contributed by atoms with Crippen LogP contribution in [0.3, 0.4) is 0 Å². The summed E-state index contributed by atoms with van der Waals surface area (Å²) in [4.78, 5) is 14.6. The third kappa shape index (κ3) is 2.81. The van der Waals surface area contributed by atoms with Crippen LogP contribution in [0.4, 0.5) is 0 Å². The molecule has 0 radical (unpaired) electrons. The molecule has 2 fully saturated rings. The molecule has 1 unspecified atom stereocenters. The number of aromatic nitrogens is 2. The van der Waals surface area contributed by atoms with Crippen LogP contribution in [0.25, 0.3) is 0 Å². The van der Waals surface area contributed by atoms with E-state index >= 15 is 0 Å². The Morgan fingerprint density at radius 2 is 2.21 bits per heavy atom. The fourth-order valence-electron chi connectivity index (χ4n) is 3.13.